The molecule has 0 N–H and O–H groups in total. The molecule has 0 aliphatic heterocycles. The highest BCUT2D eigenvalue weighted by molar-refractivity contribution is 9.09. The van der Waals surface area contributed by atoms with Gasteiger partial charge in [0.15, 0.2) is 0 Å². The molecule has 1 unspecified atom stereocenters. The molecule has 40 heavy (non-hydrogen) atoms. The summed E-state index contributed by atoms with van der Waals surface area (Å²) in [4.78, 5) is 12.8. The van der Waals surface area contributed by atoms with Crippen LogP contribution >= 0.6 is 15.9 Å². The van der Waals surface area contributed by atoms with Crippen LogP contribution in [0, 0.1) is 5.92 Å². The Balaban J connectivity index is 4.91. The van der Waals surface area contributed by atoms with Gasteiger partial charge in [0.1, 0.15) is 6.10 Å². The van der Waals surface area contributed by atoms with Crippen LogP contribution in [-0.4, -0.2) is 17.4 Å². The molecule has 0 aliphatic rings. The normalized spacial score (nSPS) is 12.5. The van der Waals surface area contributed by atoms with Crippen LogP contribution in [-0.2, 0) is 9.53 Å². The number of halogens is 1. The van der Waals surface area contributed by atoms with E-state index in [0.717, 1.165) is 37.4 Å². The van der Waals surface area contributed by atoms with Gasteiger partial charge in [0.25, 0.3) is 0 Å². The van der Waals surface area contributed by atoms with Gasteiger partial charge in [-0.25, -0.2) is 0 Å². The number of esters is 1. The van der Waals surface area contributed by atoms with Crippen molar-refractivity contribution < 1.29 is 9.53 Å². The van der Waals surface area contributed by atoms with E-state index in [9.17, 15) is 4.79 Å². The van der Waals surface area contributed by atoms with Gasteiger partial charge in [-0.2, -0.15) is 0 Å². The molecule has 0 radical (unpaired) electrons. The quantitative estimate of drug-likeness (QED) is 0.0321. The smallest absolute Gasteiger partial charge is 0.306 e. The molecule has 0 aromatic rings. The number of ether oxygens (including phenoxy) is 1. The van der Waals surface area contributed by atoms with Gasteiger partial charge in [-0.15, -0.1) is 0 Å². The minimum atomic E-state index is 0.0397. The molecule has 0 fully saturated rings. The number of carbonyl (C=O) groups excluding carboxylic acids is 1. The van der Waals surface area contributed by atoms with Crippen LogP contribution in [0.3, 0.4) is 0 Å². The Morgan fingerprint density at radius 2 is 1.00 bits per heavy atom. The van der Waals surface area contributed by atoms with Crippen molar-refractivity contribution in [1.82, 2.24) is 0 Å². The average molecular weight is 628 g/mol. The molecule has 0 bridgehead atoms. The van der Waals surface area contributed by atoms with E-state index in [2.05, 4.69) is 48.9 Å². The van der Waals surface area contributed by atoms with Gasteiger partial charge in [-0.05, 0) is 63.7 Å². The molecule has 0 heterocycles. The Morgan fingerprint density at radius 3 is 1.50 bits per heavy atom. The van der Waals surface area contributed by atoms with E-state index in [1.165, 1.54) is 141 Å². The first-order valence-electron chi connectivity index (χ1n) is 18.1. The Labute approximate surface area is 260 Å². The van der Waals surface area contributed by atoms with Gasteiger partial charge >= 0.3 is 5.97 Å². The maximum atomic E-state index is 12.8. The molecule has 0 saturated heterocycles. The van der Waals surface area contributed by atoms with E-state index in [-0.39, 0.29) is 12.1 Å². The summed E-state index contributed by atoms with van der Waals surface area (Å²) in [5.74, 6) is 0.576. The fourth-order valence-corrected chi connectivity index (χ4v) is 6.16. The molecule has 2 nitrogen and oxygen atoms in total. The van der Waals surface area contributed by atoms with E-state index in [0.29, 0.717) is 12.3 Å². The molecule has 1 atom stereocenters. The SMILES string of the molecule is CCCCC/C=C\CCCC(OC(=O)CCCCBr)C(CCCCCCCCCC)CCCCCCCCCC. The lowest BCUT2D eigenvalue weighted by atomic mass is 9.87. The standard InChI is InChI=1S/C37H71BrO2/c1-4-7-10-13-16-19-22-25-30-35(31-26-23-20-17-14-11-8-5-2)36(40-37(39)33-28-29-34-38)32-27-24-21-18-15-12-9-6-3/h18,21,35-36H,4-17,19-20,22-34H2,1-3H3/b21-18-. The molecule has 0 aliphatic carbocycles. The van der Waals surface area contributed by atoms with Gasteiger partial charge in [-0.1, -0.05) is 164 Å². The predicted molar refractivity (Wildman–Crippen MR) is 183 cm³/mol. The van der Waals surface area contributed by atoms with Crippen LogP contribution in [0.4, 0.5) is 0 Å². The first-order valence-corrected chi connectivity index (χ1v) is 19.2. The topological polar surface area (TPSA) is 26.3 Å². The Hall–Kier alpha value is -0.310. The summed E-state index contributed by atoms with van der Waals surface area (Å²) in [5, 5.41) is 0.966. The predicted octanol–water partition coefficient (Wildman–Crippen LogP) is 13.4. The van der Waals surface area contributed by atoms with Crippen LogP contribution in [0.5, 0.6) is 0 Å². The van der Waals surface area contributed by atoms with Crippen molar-refractivity contribution in [2.75, 3.05) is 5.33 Å². The minimum Gasteiger partial charge on any atom is -0.462 e. The van der Waals surface area contributed by atoms with Crippen molar-refractivity contribution in [3.8, 4) is 0 Å². The van der Waals surface area contributed by atoms with Crippen molar-refractivity contribution in [1.29, 1.82) is 0 Å². The van der Waals surface area contributed by atoms with E-state index >= 15 is 0 Å². The van der Waals surface area contributed by atoms with Gasteiger partial charge in [0.05, 0.1) is 0 Å². The molecule has 0 saturated carbocycles. The first-order chi connectivity index (χ1) is 19.7. The zero-order valence-corrected chi connectivity index (χ0v) is 29.1. The van der Waals surface area contributed by atoms with Gasteiger partial charge in [0.2, 0.25) is 0 Å². The number of hydrogen-bond donors (Lipinski definition) is 0. The lowest BCUT2D eigenvalue weighted by Crippen LogP contribution is -2.27. The monoisotopic (exact) mass is 626 g/mol. The Kier molecular flexibility index (Phi) is 32.9. The lowest BCUT2D eigenvalue weighted by Gasteiger charge is -2.28. The molecule has 3 heteroatoms. The molecule has 0 aromatic heterocycles. The fraction of sp³-hybridized carbons (Fsp3) is 0.919. The van der Waals surface area contributed by atoms with Gasteiger partial charge < -0.3 is 4.74 Å². The van der Waals surface area contributed by atoms with Gasteiger partial charge in [-0.3, -0.25) is 4.79 Å². The Bertz CT molecular complexity index is 512. The summed E-state index contributed by atoms with van der Waals surface area (Å²) in [5.41, 5.74) is 0. The maximum absolute atomic E-state index is 12.8. The Morgan fingerprint density at radius 1 is 0.550 bits per heavy atom. The second-order valence-corrected chi connectivity index (χ2v) is 13.2. The summed E-state index contributed by atoms with van der Waals surface area (Å²) in [6.45, 7) is 6.85. The summed E-state index contributed by atoms with van der Waals surface area (Å²) in [7, 11) is 0. The van der Waals surface area contributed by atoms with Crippen LogP contribution in [0.1, 0.15) is 201 Å². The van der Waals surface area contributed by atoms with Crippen molar-refractivity contribution >= 4 is 21.9 Å². The van der Waals surface area contributed by atoms with Crippen LogP contribution in [0.15, 0.2) is 12.2 Å². The number of hydrogen-bond acceptors (Lipinski definition) is 2. The van der Waals surface area contributed by atoms with Crippen molar-refractivity contribution in [3.63, 3.8) is 0 Å². The lowest BCUT2D eigenvalue weighted by molar-refractivity contribution is -0.153. The average Bonchev–Trinajstić information content (AvgIpc) is 2.95. The van der Waals surface area contributed by atoms with E-state index in [4.69, 9.17) is 4.74 Å². The van der Waals surface area contributed by atoms with Crippen molar-refractivity contribution in [2.24, 2.45) is 5.92 Å². The van der Waals surface area contributed by atoms with E-state index < -0.39 is 0 Å². The van der Waals surface area contributed by atoms with E-state index in [1.54, 1.807) is 0 Å². The molecular weight excluding hydrogens is 556 g/mol. The van der Waals surface area contributed by atoms with E-state index in [1.807, 2.05) is 0 Å². The summed E-state index contributed by atoms with van der Waals surface area (Å²) in [6.07, 6.45) is 40.1. The number of unbranched alkanes of at least 4 members (excludes halogenated alkanes) is 19. The highest BCUT2D eigenvalue weighted by atomic mass is 79.9. The van der Waals surface area contributed by atoms with Crippen LogP contribution in [0.25, 0.3) is 0 Å². The number of alkyl halides is 1. The largest absolute Gasteiger partial charge is 0.462 e. The third kappa shape index (κ3) is 27.8. The van der Waals surface area contributed by atoms with Crippen molar-refractivity contribution in [2.45, 2.75) is 207 Å². The first kappa shape index (κ1) is 39.7. The minimum absolute atomic E-state index is 0.0397. The number of carbonyl (C=O) groups is 1. The molecule has 0 rings (SSSR count). The summed E-state index contributed by atoms with van der Waals surface area (Å²) < 4.78 is 6.29. The highest BCUT2D eigenvalue weighted by Gasteiger charge is 2.24. The maximum Gasteiger partial charge on any atom is 0.306 e. The van der Waals surface area contributed by atoms with Gasteiger partial charge in [0, 0.05) is 11.8 Å². The molecule has 0 spiro atoms. The van der Waals surface area contributed by atoms with Crippen LogP contribution < -0.4 is 0 Å². The zero-order valence-electron chi connectivity index (χ0n) is 27.5. The number of rotatable bonds is 32. The third-order valence-corrected chi connectivity index (χ3v) is 8.99. The highest BCUT2D eigenvalue weighted by Crippen LogP contribution is 2.28. The second-order valence-electron chi connectivity index (χ2n) is 12.4. The van der Waals surface area contributed by atoms with Crippen LogP contribution in [0.2, 0.25) is 0 Å². The second kappa shape index (κ2) is 33.2. The summed E-state index contributed by atoms with van der Waals surface area (Å²) in [6, 6.07) is 0. The third-order valence-electron chi connectivity index (χ3n) is 8.43. The summed E-state index contributed by atoms with van der Waals surface area (Å²) >= 11 is 3.50. The molecule has 0 aromatic carbocycles. The molecule has 0 amide bonds. The fourth-order valence-electron chi connectivity index (χ4n) is 5.76. The molecule has 238 valence electrons. The zero-order chi connectivity index (χ0) is 29.4. The molecular formula is C37H71BrO2. The van der Waals surface area contributed by atoms with Crippen molar-refractivity contribution in [3.05, 3.63) is 12.2 Å². The number of allylic oxidation sites excluding steroid dienone is 2.